The lowest BCUT2D eigenvalue weighted by molar-refractivity contribution is -0.276. The highest BCUT2D eigenvalue weighted by molar-refractivity contribution is 6.04. The van der Waals surface area contributed by atoms with Crippen molar-refractivity contribution in [1.29, 1.82) is 0 Å². The Bertz CT molecular complexity index is 1700. The van der Waals surface area contributed by atoms with Crippen LogP contribution in [0.4, 0.5) is 11.4 Å². The molecule has 10 heteroatoms. The van der Waals surface area contributed by atoms with Gasteiger partial charge in [-0.2, -0.15) is 0 Å². The second-order valence-electron chi connectivity index (χ2n) is 12.9. The number of ether oxygens (including phenoxy) is 2. The first-order valence-corrected chi connectivity index (χ1v) is 16.6. The van der Waals surface area contributed by atoms with Crippen LogP contribution < -0.4 is 15.5 Å². The van der Waals surface area contributed by atoms with Crippen LogP contribution in [0.3, 0.4) is 0 Å². The minimum atomic E-state index is -0.623. The Hall–Kier alpha value is -4.61. The molecule has 4 heterocycles. The van der Waals surface area contributed by atoms with E-state index in [9.17, 15) is 14.7 Å². The second-order valence-corrected chi connectivity index (χ2v) is 12.9. The number of rotatable bonds is 8. The van der Waals surface area contributed by atoms with Gasteiger partial charge in [0.1, 0.15) is 5.54 Å². The fourth-order valence-corrected chi connectivity index (χ4v) is 7.14. The van der Waals surface area contributed by atoms with Gasteiger partial charge in [0.2, 0.25) is 5.91 Å². The molecule has 4 atom stereocenters. The number of piperidine rings is 1. The number of benzene rings is 3. The van der Waals surface area contributed by atoms with Crippen molar-refractivity contribution < 1.29 is 24.2 Å². The van der Waals surface area contributed by atoms with Crippen LogP contribution in [0.25, 0.3) is 0 Å². The van der Waals surface area contributed by atoms with Gasteiger partial charge in [0.05, 0.1) is 31.0 Å². The van der Waals surface area contributed by atoms with Crippen molar-refractivity contribution in [3.8, 4) is 0 Å². The number of aliphatic hydroxyl groups excluding tert-OH is 1. The molecule has 2 amide bonds. The van der Waals surface area contributed by atoms with Crippen molar-refractivity contribution in [3.63, 3.8) is 0 Å². The van der Waals surface area contributed by atoms with Crippen LogP contribution in [-0.4, -0.2) is 64.8 Å². The van der Waals surface area contributed by atoms with E-state index in [2.05, 4.69) is 44.5 Å². The van der Waals surface area contributed by atoms with Crippen molar-refractivity contribution in [2.75, 3.05) is 36.5 Å². The number of nitrogens with zero attached hydrogens (tertiary/aromatic N) is 3. The smallest absolute Gasteiger partial charge is 0.257 e. The minimum absolute atomic E-state index is 0.0183. The van der Waals surface area contributed by atoms with Gasteiger partial charge in [0, 0.05) is 54.9 Å². The van der Waals surface area contributed by atoms with Gasteiger partial charge in [0.25, 0.3) is 5.91 Å². The zero-order valence-electron chi connectivity index (χ0n) is 27.0. The molecule has 3 aliphatic heterocycles. The van der Waals surface area contributed by atoms with Crippen molar-refractivity contribution in [3.05, 3.63) is 126 Å². The molecular weight excluding hydrogens is 606 g/mol. The number of nitrogens with one attached hydrogen (secondary N) is 2. The van der Waals surface area contributed by atoms with E-state index in [0.717, 1.165) is 48.3 Å². The summed E-state index contributed by atoms with van der Waals surface area (Å²) in [6.45, 7) is 4.92. The number of anilines is 2. The van der Waals surface area contributed by atoms with Crippen LogP contribution >= 0.6 is 0 Å². The normalized spacial score (nSPS) is 24.0. The first-order chi connectivity index (χ1) is 23.4. The van der Waals surface area contributed by atoms with Crippen molar-refractivity contribution >= 4 is 23.2 Å². The molecule has 248 valence electrons. The summed E-state index contributed by atoms with van der Waals surface area (Å²) in [5.41, 5.74) is 4.38. The Morgan fingerprint density at radius 1 is 0.958 bits per heavy atom. The zero-order valence-corrected chi connectivity index (χ0v) is 27.0. The van der Waals surface area contributed by atoms with Gasteiger partial charge in [-0.3, -0.25) is 14.6 Å². The summed E-state index contributed by atoms with van der Waals surface area (Å²) < 4.78 is 13.4. The zero-order chi connectivity index (χ0) is 33.1. The fraction of sp³-hybridized carbons (Fsp3) is 0.342. The molecule has 4 aromatic rings. The van der Waals surface area contributed by atoms with Gasteiger partial charge >= 0.3 is 0 Å². The molecule has 3 N–H and O–H groups in total. The van der Waals surface area contributed by atoms with Crippen molar-refractivity contribution in [2.45, 2.75) is 50.4 Å². The molecule has 3 aromatic carbocycles. The van der Waals surface area contributed by atoms with Gasteiger partial charge in [-0.05, 0) is 60.4 Å². The number of para-hydroxylation sites is 1. The lowest BCUT2D eigenvalue weighted by Gasteiger charge is -2.46. The second kappa shape index (κ2) is 13.9. The Morgan fingerprint density at radius 2 is 1.69 bits per heavy atom. The molecule has 3 fully saturated rings. The Kier molecular flexibility index (Phi) is 9.23. The number of pyridine rings is 1. The van der Waals surface area contributed by atoms with Crippen molar-refractivity contribution in [2.24, 2.45) is 5.92 Å². The van der Waals surface area contributed by atoms with E-state index >= 15 is 0 Å². The first-order valence-electron chi connectivity index (χ1n) is 16.6. The van der Waals surface area contributed by atoms with E-state index in [0.29, 0.717) is 24.5 Å². The number of aromatic nitrogens is 1. The number of hydrogen-bond donors (Lipinski definition) is 3. The Labute approximate surface area is 280 Å². The lowest BCUT2D eigenvalue weighted by atomic mass is 9.84. The van der Waals surface area contributed by atoms with Crippen LogP contribution in [0.5, 0.6) is 0 Å². The van der Waals surface area contributed by atoms with E-state index in [1.807, 2.05) is 66.7 Å². The molecule has 10 nitrogen and oxygen atoms in total. The molecule has 3 aliphatic rings. The lowest BCUT2D eigenvalue weighted by Crippen LogP contribution is -2.57. The minimum Gasteiger partial charge on any atom is -0.392 e. The summed E-state index contributed by atoms with van der Waals surface area (Å²) in [5.74, 6) is -0.0921. The van der Waals surface area contributed by atoms with Crippen LogP contribution in [0, 0.1) is 5.92 Å². The predicted molar refractivity (Wildman–Crippen MR) is 182 cm³/mol. The third-order valence-corrected chi connectivity index (χ3v) is 10.0. The van der Waals surface area contributed by atoms with Gasteiger partial charge < -0.3 is 35.0 Å². The van der Waals surface area contributed by atoms with Crippen molar-refractivity contribution in [1.82, 2.24) is 15.2 Å². The predicted octanol–water partition coefficient (Wildman–Crippen LogP) is 5.05. The van der Waals surface area contributed by atoms with Gasteiger partial charge in [0.15, 0.2) is 6.29 Å². The summed E-state index contributed by atoms with van der Waals surface area (Å²) in [5, 5.41) is 15.6. The van der Waals surface area contributed by atoms with Crippen LogP contribution in [0.2, 0.25) is 0 Å². The van der Waals surface area contributed by atoms with E-state index in [1.54, 1.807) is 18.3 Å². The summed E-state index contributed by atoms with van der Waals surface area (Å²) in [7, 11) is 0. The van der Waals surface area contributed by atoms with E-state index in [4.69, 9.17) is 9.47 Å². The number of hydrogen-bond acceptors (Lipinski definition) is 8. The number of aliphatic hydroxyl groups is 1. The number of likely N-dealkylation sites (tertiary alicyclic amines) is 1. The Balaban J connectivity index is 1.07. The average Bonchev–Trinajstić information content (AvgIpc) is 3.45. The van der Waals surface area contributed by atoms with Gasteiger partial charge in [-0.25, -0.2) is 0 Å². The highest BCUT2D eigenvalue weighted by atomic mass is 16.7. The summed E-state index contributed by atoms with van der Waals surface area (Å²) >= 11 is 0. The molecule has 1 spiro atoms. The van der Waals surface area contributed by atoms with Crippen LogP contribution in [-0.2, 0) is 20.9 Å². The topological polar surface area (TPSA) is 116 Å². The highest BCUT2D eigenvalue weighted by Crippen LogP contribution is 2.43. The largest absolute Gasteiger partial charge is 0.392 e. The van der Waals surface area contributed by atoms with Crippen LogP contribution in [0.15, 0.2) is 103 Å². The average molecular weight is 648 g/mol. The number of carbonyl (C=O) groups is 2. The third kappa shape index (κ3) is 6.44. The monoisotopic (exact) mass is 647 g/mol. The number of carbonyl (C=O) groups excluding carboxylic acids is 2. The summed E-state index contributed by atoms with van der Waals surface area (Å²) in [6.07, 6.45) is 3.62. The summed E-state index contributed by atoms with van der Waals surface area (Å²) in [4.78, 5) is 34.6. The maximum absolute atomic E-state index is 13.2. The SMILES string of the molecule is C[C@@H]1[C@H](CN2CCC3(CC2)C(=O)NCN3c2ccccc2)O[C@H](c2ccc(NC(=O)c3cccnc3)cc2)O[C@@H]1c1ccc(CO)cc1. The molecule has 0 unspecified atom stereocenters. The molecular formula is C38H41N5O5. The quantitative estimate of drug-likeness (QED) is 0.244. The van der Waals surface area contributed by atoms with E-state index in [-0.39, 0.29) is 36.5 Å². The molecule has 0 aliphatic carbocycles. The molecule has 0 saturated carbocycles. The van der Waals surface area contributed by atoms with E-state index < -0.39 is 11.8 Å². The Morgan fingerprint density at radius 3 is 2.38 bits per heavy atom. The maximum Gasteiger partial charge on any atom is 0.257 e. The van der Waals surface area contributed by atoms with Gasteiger partial charge in [-0.15, -0.1) is 0 Å². The third-order valence-electron chi connectivity index (χ3n) is 10.0. The first kappa shape index (κ1) is 32.0. The molecule has 3 saturated heterocycles. The molecule has 7 rings (SSSR count). The standard InChI is InChI=1S/C38H41N5O5/c1-26-33(23-42-20-17-38(18-21-42)37(46)40-25-43(38)32-7-3-2-4-8-32)47-36(48-34(26)28-11-9-27(24-44)10-12-28)29-13-15-31(16-14-29)41-35(45)30-6-5-19-39-22-30/h2-16,19,22,26,33-34,36,44H,17-18,20-21,23-25H2,1H3,(H,40,46)(H,41,45)/t26-,33+,34+,36+/m1/s1. The fourth-order valence-electron chi connectivity index (χ4n) is 7.14. The van der Waals surface area contributed by atoms with Gasteiger partial charge in [-0.1, -0.05) is 61.5 Å². The molecule has 0 radical (unpaired) electrons. The maximum atomic E-state index is 13.2. The van der Waals surface area contributed by atoms with Crippen LogP contribution in [0.1, 0.15) is 59.2 Å². The molecule has 48 heavy (non-hydrogen) atoms. The van der Waals surface area contributed by atoms with E-state index in [1.165, 1.54) is 6.20 Å². The number of amides is 2. The summed E-state index contributed by atoms with van der Waals surface area (Å²) in [6, 6.07) is 29.1. The molecule has 1 aromatic heterocycles. The molecule has 0 bridgehead atoms. The highest BCUT2D eigenvalue weighted by Gasteiger charge is 2.51.